The molecule has 0 spiro atoms. The van der Waals surface area contributed by atoms with Crippen molar-refractivity contribution in [2.45, 2.75) is 25.9 Å². The number of rotatable bonds is 6. The quantitative estimate of drug-likeness (QED) is 0.844. The SMILES string of the molecule is COc1cccc(NCC(O)c2ccc(C(C)C)cc2)c1. The van der Waals surface area contributed by atoms with E-state index in [4.69, 9.17) is 4.74 Å². The van der Waals surface area contributed by atoms with Gasteiger partial charge in [-0.2, -0.15) is 0 Å². The summed E-state index contributed by atoms with van der Waals surface area (Å²) in [4.78, 5) is 0. The lowest BCUT2D eigenvalue weighted by molar-refractivity contribution is 0.191. The van der Waals surface area contributed by atoms with Crippen molar-refractivity contribution in [3.05, 3.63) is 59.7 Å². The van der Waals surface area contributed by atoms with E-state index in [1.54, 1.807) is 7.11 Å². The van der Waals surface area contributed by atoms with Crippen LogP contribution >= 0.6 is 0 Å². The van der Waals surface area contributed by atoms with Gasteiger partial charge in [-0.25, -0.2) is 0 Å². The summed E-state index contributed by atoms with van der Waals surface area (Å²) in [6, 6.07) is 15.8. The van der Waals surface area contributed by atoms with E-state index in [-0.39, 0.29) is 0 Å². The summed E-state index contributed by atoms with van der Waals surface area (Å²) in [6.45, 7) is 4.79. The molecule has 3 nitrogen and oxygen atoms in total. The zero-order valence-corrected chi connectivity index (χ0v) is 12.8. The Bertz CT molecular complexity index is 564. The third-order valence-corrected chi connectivity index (χ3v) is 3.56. The van der Waals surface area contributed by atoms with Crippen molar-refractivity contribution < 1.29 is 9.84 Å². The first-order valence-electron chi connectivity index (χ1n) is 7.26. The number of aliphatic hydroxyl groups is 1. The van der Waals surface area contributed by atoms with E-state index in [1.807, 2.05) is 36.4 Å². The topological polar surface area (TPSA) is 41.5 Å². The Morgan fingerprint density at radius 3 is 2.33 bits per heavy atom. The Hall–Kier alpha value is -2.00. The van der Waals surface area contributed by atoms with Crippen molar-refractivity contribution in [1.82, 2.24) is 0 Å². The Morgan fingerprint density at radius 2 is 1.71 bits per heavy atom. The Balaban J connectivity index is 1.96. The van der Waals surface area contributed by atoms with Crippen LogP contribution in [-0.4, -0.2) is 18.8 Å². The zero-order chi connectivity index (χ0) is 15.2. The monoisotopic (exact) mass is 285 g/mol. The molecule has 3 heteroatoms. The van der Waals surface area contributed by atoms with Crippen molar-refractivity contribution in [2.75, 3.05) is 19.0 Å². The number of hydrogen-bond donors (Lipinski definition) is 2. The van der Waals surface area contributed by atoms with Gasteiger partial charge in [0.15, 0.2) is 0 Å². The Labute approximate surface area is 126 Å². The van der Waals surface area contributed by atoms with Gasteiger partial charge in [-0.05, 0) is 29.2 Å². The van der Waals surface area contributed by atoms with Crippen LogP contribution < -0.4 is 10.1 Å². The first kappa shape index (κ1) is 15.4. The maximum atomic E-state index is 10.2. The van der Waals surface area contributed by atoms with Crippen molar-refractivity contribution >= 4 is 5.69 Å². The minimum absolute atomic E-state index is 0.466. The van der Waals surface area contributed by atoms with E-state index in [1.165, 1.54) is 5.56 Å². The highest BCUT2D eigenvalue weighted by atomic mass is 16.5. The second-order valence-electron chi connectivity index (χ2n) is 5.45. The molecule has 1 atom stereocenters. The second-order valence-corrected chi connectivity index (χ2v) is 5.45. The highest BCUT2D eigenvalue weighted by molar-refractivity contribution is 5.48. The lowest BCUT2D eigenvalue weighted by atomic mass is 10.00. The smallest absolute Gasteiger partial charge is 0.120 e. The van der Waals surface area contributed by atoms with Gasteiger partial charge >= 0.3 is 0 Å². The van der Waals surface area contributed by atoms with Crippen molar-refractivity contribution in [3.8, 4) is 5.75 Å². The van der Waals surface area contributed by atoms with Crippen LogP contribution in [0, 0.1) is 0 Å². The molecule has 0 aliphatic carbocycles. The van der Waals surface area contributed by atoms with Crippen LogP contribution in [0.15, 0.2) is 48.5 Å². The molecule has 2 N–H and O–H groups in total. The molecule has 2 aromatic carbocycles. The van der Waals surface area contributed by atoms with E-state index in [0.29, 0.717) is 12.5 Å². The molecule has 0 aliphatic heterocycles. The Kier molecular flexibility index (Phi) is 5.23. The molecule has 2 rings (SSSR count). The molecule has 0 aliphatic rings. The largest absolute Gasteiger partial charge is 0.497 e. The number of nitrogens with one attached hydrogen (secondary N) is 1. The van der Waals surface area contributed by atoms with Gasteiger partial charge in [0, 0.05) is 18.3 Å². The third kappa shape index (κ3) is 4.23. The fourth-order valence-electron chi connectivity index (χ4n) is 2.17. The highest BCUT2D eigenvalue weighted by Gasteiger charge is 2.08. The first-order chi connectivity index (χ1) is 10.1. The van der Waals surface area contributed by atoms with E-state index in [9.17, 15) is 5.11 Å². The van der Waals surface area contributed by atoms with Crippen LogP contribution in [0.2, 0.25) is 0 Å². The van der Waals surface area contributed by atoms with E-state index in [0.717, 1.165) is 17.0 Å². The molecule has 0 amide bonds. The molecule has 0 saturated heterocycles. The summed E-state index contributed by atoms with van der Waals surface area (Å²) in [7, 11) is 1.64. The van der Waals surface area contributed by atoms with E-state index < -0.39 is 6.10 Å². The number of benzene rings is 2. The number of methoxy groups -OCH3 is 1. The predicted octanol–water partition coefficient (Wildman–Crippen LogP) is 3.96. The maximum absolute atomic E-state index is 10.2. The number of ether oxygens (including phenoxy) is 1. The summed E-state index contributed by atoms with van der Waals surface area (Å²) < 4.78 is 5.18. The minimum Gasteiger partial charge on any atom is -0.497 e. The lowest BCUT2D eigenvalue weighted by Gasteiger charge is -2.15. The zero-order valence-electron chi connectivity index (χ0n) is 12.8. The summed E-state index contributed by atoms with van der Waals surface area (Å²) in [5, 5.41) is 13.5. The fourth-order valence-corrected chi connectivity index (χ4v) is 2.17. The average molecular weight is 285 g/mol. The average Bonchev–Trinajstić information content (AvgIpc) is 2.53. The van der Waals surface area contributed by atoms with Gasteiger partial charge in [-0.1, -0.05) is 44.2 Å². The molecule has 0 fully saturated rings. The summed E-state index contributed by atoms with van der Waals surface area (Å²) in [5.74, 6) is 1.31. The lowest BCUT2D eigenvalue weighted by Crippen LogP contribution is -2.12. The molecular weight excluding hydrogens is 262 g/mol. The molecule has 0 radical (unpaired) electrons. The number of aliphatic hydroxyl groups excluding tert-OH is 1. The van der Waals surface area contributed by atoms with E-state index in [2.05, 4.69) is 31.3 Å². The maximum Gasteiger partial charge on any atom is 0.120 e. The molecule has 0 saturated carbocycles. The third-order valence-electron chi connectivity index (χ3n) is 3.56. The van der Waals surface area contributed by atoms with E-state index >= 15 is 0 Å². The van der Waals surface area contributed by atoms with Crippen LogP contribution in [0.1, 0.15) is 37.0 Å². The molecule has 1 unspecified atom stereocenters. The van der Waals surface area contributed by atoms with Crippen LogP contribution in [0.25, 0.3) is 0 Å². The van der Waals surface area contributed by atoms with Crippen LogP contribution in [0.5, 0.6) is 5.75 Å². The van der Waals surface area contributed by atoms with Gasteiger partial charge in [0.05, 0.1) is 13.2 Å². The van der Waals surface area contributed by atoms with Crippen LogP contribution in [0.4, 0.5) is 5.69 Å². The van der Waals surface area contributed by atoms with Gasteiger partial charge in [0.25, 0.3) is 0 Å². The van der Waals surface area contributed by atoms with Gasteiger partial charge in [0.1, 0.15) is 5.75 Å². The van der Waals surface area contributed by atoms with Crippen LogP contribution in [0.3, 0.4) is 0 Å². The summed E-state index contributed by atoms with van der Waals surface area (Å²) in [6.07, 6.45) is -0.530. The van der Waals surface area contributed by atoms with Crippen molar-refractivity contribution in [3.63, 3.8) is 0 Å². The molecule has 0 heterocycles. The first-order valence-corrected chi connectivity index (χ1v) is 7.26. The number of hydrogen-bond acceptors (Lipinski definition) is 3. The Morgan fingerprint density at radius 1 is 1.05 bits per heavy atom. The van der Waals surface area contributed by atoms with Gasteiger partial charge in [-0.15, -0.1) is 0 Å². The molecule has 21 heavy (non-hydrogen) atoms. The molecular formula is C18H23NO2. The molecule has 2 aromatic rings. The number of anilines is 1. The fraction of sp³-hybridized carbons (Fsp3) is 0.333. The van der Waals surface area contributed by atoms with Crippen LogP contribution in [-0.2, 0) is 0 Å². The summed E-state index contributed by atoms with van der Waals surface area (Å²) in [5.41, 5.74) is 3.15. The normalized spacial score (nSPS) is 12.2. The standard InChI is InChI=1S/C18H23NO2/c1-13(2)14-7-9-15(10-8-14)18(20)12-19-16-5-4-6-17(11-16)21-3/h4-11,13,18-20H,12H2,1-3H3. The summed E-state index contributed by atoms with van der Waals surface area (Å²) >= 11 is 0. The second kappa shape index (κ2) is 7.14. The predicted molar refractivity (Wildman–Crippen MR) is 87.0 cm³/mol. The van der Waals surface area contributed by atoms with Crippen molar-refractivity contribution in [1.29, 1.82) is 0 Å². The van der Waals surface area contributed by atoms with Gasteiger partial charge in [0.2, 0.25) is 0 Å². The van der Waals surface area contributed by atoms with Gasteiger partial charge < -0.3 is 15.2 Å². The highest BCUT2D eigenvalue weighted by Crippen LogP contribution is 2.21. The molecule has 0 aromatic heterocycles. The van der Waals surface area contributed by atoms with Crippen molar-refractivity contribution in [2.24, 2.45) is 0 Å². The molecule has 112 valence electrons. The van der Waals surface area contributed by atoms with Gasteiger partial charge in [-0.3, -0.25) is 0 Å². The minimum atomic E-state index is -0.530. The molecule has 0 bridgehead atoms.